The van der Waals surface area contributed by atoms with Crippen molar-refractivity contribution in [3.63, 3.8) is 0 Å². The number of hydrogen-bond acceptors (Lipinski definition) is 4. The molecule has 2 fully saturated rings. The fraction of sp³-hybridized carbons (Fsp3) is 0.565. The normalized spacial score (nSPS) is 26.1. The number of methoxy groups -OCH3 is 1. The van der Waals surface area contributed by atoms with Gasteiger partial charge in [-0.1, -0.05) is 30.3 Å². The summed E-state index contributed by atoms with van der Waals surface area (Å²) < 4.78 is 4.89. The molecule has 0 bridgehead atoms. The molecule has 0 radical (unpaired) electrons. The Morgan fingerprint density at radius 1 is 1.21 bits per heavy atom. The van der Waals surface area contributed by atoms with Gasteiger partial charge in [0.25, 0.3) is 0 Å². The van der Waals surface area contributed by atoms with Gasteiger partial charge >= 0.3 is 0 Å². The van der Waals surface area contributed by atoms with Crippen molar-refractivity contribution in [2.45, 2.75) is 50.1 Å². The second-order valence-corrected chi connectivity index (χ2v) is 8.34. The van der Waals surface area contributed by atoms with E-state index in [4.69, 9.17) is 4.74 Å². The van der Waals surface area contributed by atoms with Crippen molar-refractivity contribution in [2.75, 3.05) is 26.9 Å². The van der Waals surface area contributed by atoms with Crippen LogP contribution in [0.25, 0.3) is 5.57 Å². The van der Waals surface area contributed by atoms with Crippen molar-refractivity contribution in [1.29, 1.82) is 0 Å². The molecule has 0 aromatic heterocycles. The Balaban J connectivity index is 1.53. The van der Waals surface area contributed by atoms with Crippen LogP contribution in [-0.2, 0) is 14.3 Å². The molecule has 1 aromatic rings. The summed E-state index contributed by atoms with van der Waals surface area (Å²) in [6.45, 7) is 0.300. The van der Waals surface area contributed by atoms with E-state index in [0.717, 1.165) is 31.2 Å². The highest BCUT2D eigenvalue weighted by atomic mass is 16.5. The van der Waals surface area contributed by atoms with E-state index in [2.05, 4.69) is 35.7 Å². The van der Waals surface area contributed by atoms with Gasteiger partial charge in [-0.3, -0.25) is 9.59 Å². The topological polar surface area (TPSA) is 78.9 Å². The molecule has 1 heterocycles. The van der Waals surface area contributed by atoms with E-state index in [9.17, 15) is 14.7 Å². The molecule has 156 valence electrons. The van der Waals surface area contributed by atoms with Crippen LogP contribution in [0.4, 0.5) is 0 Å². The number of ether oxygens (including phenoxy) is 1. The highest BCUT2D eigenvalue weighted by Crippen LogP contribution is 2.44. The van der Waals surface area contributed by atoms with Crippen LogP contribution in [0.1, 0.15) is 49.1 Å². The van der Waals surface area contributed by atoms with Crippen LogP contribution in [0.2, 0.25) is 0 Å². The summed E-state index contributed by atoms with van der Waals surface area (Å²) in [7, 11) is 1.48. The number of carbonyl (C=O) groups is 2. The highest BCUT2D eigenvalue weighted by molar-refractivity contribution is 5.83. The maximum Gasteiger partial charge on any atom is 0.246 e. The van der Waals surface area contributed by atoms with Gasteiger partial charge in [0, 0.05) is 25.5 Å². The van der Waals surface area contributed by atoms with Crippen LogP contribution in [0, 0.1) is 5.92 Å². The Morgan fingerprint density at radius 2 is 1.97 bits per heavy atom. The number of likely N-dealkylation sites (tertiary alicyclic amines) is 1. The third kappa shape index (κ3) is 4.09. The molecule has 1 saturated carbocycles. The van der Waals surface area contributed by atoms with E-state index in [1.807, 2.05) is 4.90 Å². The van der Waals surface area contributed by atoms with Crippen molar-refractivity contribution in [2.24, 2.45) is 5.92 Å². The minimum Gasteiger partial charge on any atom is -0.394 e. The lowest BCUT2D eigenvalue weighted by molar-refractivity contribution is -0.152. The molecule has 6 heteroatoms. The van der Waals surface area contributed by atoms with E-state index in [-0.39, 0.29) is 48.9 Å². The molecule has 2 aliphatic carbocycles. The third-order valence-corrected chi connectivity index (χ3v) is 6.40. The van der Waals surface area contributed by atoms with Gasteiger partial charge in [0.15, 0.2) is 0 Å². The third-order valence-electron chi connectivity index (χ3n) is 6.40. The summed E-state index contributed by atoms with van der Waals surface area (Å²) in [6, 6.07) is 8.15. The number of amides is 2. The summed E-state index contributed by atoms with van der Waals surface area (Å²) >= 11 is 0. The average molecular weight is 399 g/mol. The largest absolute Gasteiger partial charge is 0.394 e. The minimum absolute atomic E-state index is 0.00119. The van der Waals surface area contributed by atoms with Crippen molar-refractivity contribution < 1.29 is 19.4 Å². The Hall–Kier alpha value is -2.18. The van der Waals surface area contributed by atoms with Crippen LogP contribution in [0.3, 0.4) is 0 Å². The zero-order chi connectivity index (χ0) is 20.4. The molecule has 3 atom stereocenters. The molecule has 0 spiro atoms. The van der Waals surface area contributed by atoms with Crippen molar-refractivity contribution in [1.82, 2.24) is 10.2 Å². The van der Waals surface area contributed by atoms with E-state index in [1.165, 1.54) is 24.7 Å². The van der Waals surface area contributed by atoms with Crippen molar-refractivity contribution in [3.05, 3.63) is 41.5 Å². The van der Waals surface area contributed by atoms with Gasteiger partial charge in [0.05, 0.1) is 18.7 Å². The molecule has 0 unspecified atom stereocenters. The number of aliphatic hydroxyl groups is 1. The maximum atomic E-state index is 12.8. The maximum absolute atomic E-state index is 12.8. The predicted molar refractivity (Wildman–Crippen MR) is 110 cm³/mol. The highest BCUT2D eigenvalue weighted by Gasteiger charge is 2.53. The smallest absolute Gasteiger partial charge is 0.246 e. The van der Waals surface area contributed by atoms with Crippen LogP contribution in [0.15, 0.2) is 30.3 Å². The summed E-state index contributed by atoms with van der Waals surface area (Å²) in [5.74, 6) is 0.0102. The van der Waals surface area contributed by atoms with E-state index in [0.29, 0.717) is 6.54 Å². The lowest BCUT2D eigenvalue weighted by Gasteiger charge is -2.55. The van der Waals surface area contributed by atoms with Gasteiger partial charge in [-0.15, -0.1) is 0 Å². The van der Waals surface area contributed by atoms with Gasteiger partial charge in [-0.2, -0.15) is 0 Å². The van der Waals surface area contributed by atoms with Crippen molar-refractivity contribution >= 4 is 17.4 Å². The van der Waals surface area contributed by atoms with Gasteiger partial charge in [0.2, 0.25) is 11.8 Å². The van der Waals surface area contributed by atoms with Gasteiger partial charge in [-0.05, 0) is 48.8 Å². The number of rotatable bonds is 8. The summed E-state index contributed by atoms with van der Waals surface area (Å²) in [4.78, 5) is 26.5. The second kappa shape index (κ2) is 8.67. The van der Waals surface area contributed by atoms with E-state index >= 15 is 0 Å². The first-order valence-electron chi connectivity index (χ1n) is 10.6. The zero-order valence-corrected chi connectivity index (χ0v) is 17.0. The quantitative estimate of drug-likeness (QED) is 0.703. The molecular weight excluding hydrogens is 368 g/mol. The minimum atomic E-state index is -0.232. The monoisotopic (exact) mass is 398 g/mol. The molecule has 29 heavy (non-hydrogen) atoms. The first-order chi connectivity index (χ1) is 14.1. The number of allylic oxidation sites excluding steroid dienone is 2. The number of hydrogen-bond donors (Lipinski definition) is 2. The predicted octanol–water partition coefficient (Wildman–Crippen LogP) is 2.08. The number of carbonyl (C=O) groups excluding carboxylic acids is 2. The summed E-state index contributed by atoms with van der Waals surface area (Å²) in [5.41, 5.74) is 3.76. The summed E-state index contributed by atoms with van der Waals surface area (Å²) in [5, 5.41) is 12.9. The number of nitrogens with zero attached hydrogens (tertiary/aromatic N) is 1. The number of nitrogens with one attached hydrogen (secondary N) is 1. The molecule has 1 saturated heterocycles. The van der Waals surface area contributed by atoms with Crippen LogP contribution in [-0.4, -0.2) is 60.8 Å². The van der Waals surface area contributed by atoms with Gasteiger partial charge in [-0.25, -0.2) is 0 Å². The fourth-order valence-electron chi connectivity index (χ4n) is 4.74. The van der Waals surface area contributed by atoms with Crippen LogP contribution < -0.4 is 5.32 Å². The lowest BCUT2D eigenvalue weighted by atomic mass is 9.74. The number of benzene rings is 1. The van der Waals surface area contributed by atoms with E-state index in [1.54, 1.807) is 0 Å². The van der Waals surface area contributed by atoms with Gasteiger partial charge < -0.3 is 20.1 Å². The van der Waals surface area contributed by atoms with E-state index < -0.39 is 0 Å². The Morgan fingerprint density at radius 3 is 2.55 bits per heavy atom. The van der Waals surface area contributed by atoms with Gasteiger partial charge in [0.1, 0.15) is 6.61 Å². The molecule has 1 aromatic carbocycles. The average Bonchev–Trinajstić information content (AvgIpc) is 3.42. The Labute approximate surface area is 171 Å². The second-order valence-electron chi connectivity index (χ2n) is 8.34. The fourth-order valence-corrected chi connectivity index (χ4v) is 4.74. The standard InChI is InChI=1S/C23H30N2O4/c1-29-14-21(27)24-12-19-22(20(13-26)25(19)23(28)18-10-11-18)17-8-6-16(7-9-17)15-4-2-3-5-15/h4,6-9,18-20,22,26H,2-3,5,10-14H2,1H3,(H,24,27)/t19-,20+,22-/m0/s1. The molecule has 2 N–H and O–H groups in total. The first-order valence-corrected chi connectivity index (χ1v) is 10.6. The first kappa shape index (κ1) is 20.1. The molecule has 1 aliphatic heterocycles. The zero-order valence-electron chi connectivity index (χ0n) is 17.0. The van der Waals surface area contributed by atoms with Crippen LogP contribution >= 0.6 is 0 Å². The Bertz CT molecular complexity index is 785. The molecule has 6 nitrogen and oxygen atoms in total. The summed E-state index contributed by atoms with van der Waals surface area (Å²) in [6.07, 6.45) is 7.63. The Kier molecular flexibility index (Phi) is 6.01. The lowest BCUT2D eigenvalue weighted by Crippen LogP contribution is -2.69. The molecular formula is C23H30N2O4. The molecule has 4 rings (SSSR count). The number of aliphatic hydroxyl groups excluding tert-OH is 1. The van der Waals surface area contributed by atoms with Crippen molar-refractivity contribution in [3.8, 4) is 0 Å². The molecule has 3 aliphatic rings. The SMILES string of the molecule is COCC(=O)NC[C@H]1[C@H](c2ccc(C3=CCCC3)cc2)[C@@H](CO)N1C(=O)C1CC1. The molecule has 2 amide bonds. The van der Waals surface area contributed by atoms with Crippen LogP contribution in [0.5, 0.6) is 0 Å².